The van der Waals surface area contributed by atoms with Crippen molar-refractivity contribution >= 4 is 28.6 Å². The standard InChI is InChI=1S/C18H19IO4/c1-4-22-16-10-14(18(20)21-3)9-15(19)17(16)23-11-13-7-5-12(2)6-8-13/h5-10H,4,11H2,1-3H3. The number of aryl methyl sites for hydroxylation is 1. The molecule has 0 aliphatic carbocycles. The van der Waals surface area contributed by atoms with Gasteiger partial charge in [-0.3, -0.25) is 0 Å². The molecule has 2 aromatic rings. The third kappa shape index (κ3) is 4.60. The molecule has 0 radical (unpaired) electrons. The Morgan fingerprint density at radius 2 is 1.83 bits per heavy atom. The zero-order valence-electron chi connectivity index (χ0n) is 13.4. The summed E-state index contributed by atoms with van der Waals surface area (Å²) in [5.74, 6) is 0.793. The van der Waals surface area contributed by atoms with Gasteiger partial charge >= 0.3 is 5.97 Å². The van der Waals surface area contributed by atoms with E-state index >= 15 is 0 Å². The highest BCUT2D eigenvalue weighted by Gasteiger charge is 2.16. The van der Waals surface area contributed by atoms with Crippen LogP contribution < -0.4 is 9.47 Å². The van der Waals surface area contributed by atoms with Crippen LogP contribution in [0.5, 0.6) is 11.5 Å². The first kappa shape index (κ1) is 17.6. The van der Waals surface area contributed by atoms with Crippen molar-refractivity contribution in [2.24, 2.45) is 0 Å². The van der Waals surface area contributed by atoms with E-state index in [1.54, 1.807) is 12.1 Å². The summed E-state index contributed by atoms with van der Waals surface area (Å²) in [7, 11) is 1.36. The molecule has 0 saturated carbocycles. The number of methoxy groups -OCH3 is 1. The summed E-state index contributed by atoms with van der Waals surface area (Å²) in [5, 5.41) is 0. The van der Waals surface area contributed by atoms with Gasteiger partial charge in [-0.05, 0) is 54.1 Å². The van der Waals surface area contributed by atoms with Crippen molar-refractivity contribution in [3.63, 3.8) is 0 Å². The average molecular weight is 426 g/mol. The fourth-order valence-electron chi connectivity index (χ4n) is 2.05. The lowest BCUT2D eigenvalue weighted by Gasteiger charge is -2.15. The topological polar surface area (TPSA) is 44.8 Å². The van der Waals surface area contributed by atoms with Crippen molar-refractivity contribution < 1.29 is 19.0 Å². The van der Waals surface area contributed by atoms with Crippen LogP contribution in [0.3, 0.4) is 0 Å². The molecule has 0 saturated heterocycles. The van der Waals surface area contributed by atoms with E-state index in [-0.39, 0.29) is 0 Å². The molecule has 0 N–H and O–H groups in total. The second-order valence-corrected chi connectivity index (χ2v) is 6.15. The third-order valence-electron chi connectivity index (χ3n) is 3.23. The van der Waals surface area contributed by atoms with E-state index in [0.717, 1.165) is 9.13 Å². The number of halogens is 1. The number of hydrogen-bond acceptors (Lipinski definition) is 4. The van der Waals surface area contributed by atoms with Gasteiger partial charge in [-0.25, -0.2) is 4.79 Å². The molecule has 122 valence electrons. The first-order valence-corrected chi connectivity index (χ1v) is 8.36. The van der Waals surface area contributed by atoms with Gasteiger partial charge in [0, 0.05) is 0 Å². The maximum atomic E-state index is 11.7. The van der Waals surface area contributed by atoms with E-state index in [1.165, 1.54) is 12.7 Å². The maximum Gasteiger partial charge on any atom is 0.338 e. The Labute approximate surface area is 149 Å². The third-order valence-corrected chi connectivity index (χ3v) is 4.04. The summed E-state index contributed by atoms with van der Waals surface area (Å²) in [6, 6.07) is 11.6. The van der Waals surface area contributed by atoms with Gasteiger partial charge in [0.25, 0.3) is 0 Å². The summed E-state index contributed by atoms with van der Waals surface area (Å²) in [6.07, 6.45) is 0. The van der Waals surface area contributed by atoms with E-state index in [2.05, 4.69) is 22.6 Å². The van der Waals surface area contributed by atoms with Crippen molar-refractivity contribution in [3.05, 3.63) is 56.7 Å². The monoisotopic (exact) mass is 426 g/mol. The zero-order chi connectivity index (χ0) is 16.8. The highest BCUT2D eigenvalue weighted by Crippen LogP contribution is 2.35. The molecule has 5 heteroatoms. The van der Waals surface area contributed by atoms with Gasteiger partial charge in [-0.15, -0.1) is 0 Å². The second kappa shape index (κ2) is 8.19. The molecule has 23 heavy (non-hydrogen) atoms. The number of carbonyl (C=O) groups excluding carboxylic acids is 1. The van der Waals surface area contributed by atoms with E-state index in [4.69, 9.17) is 14.2 Å². The molecule has 0 heterocycles. The van der Waals surface area contributed by atoms with Crippen LogP contribution in [-0.4, -0.2) is 19.7 Å². The first-order chi connectivity index (χ1) is 11.0. The zero-order valence-corrected chi connectivity index (χ0v) is 15.5. The van der Waals surface area contributed by atoms with E-state index in [9.17, 15) is 4.79 Å². The molecular weight excluding hydrogens is 407 g/mol. The highest BCUT2D eigenvalue weighted by atomic mass is 127. The molecule has 0 aliphatic rings. The lowest BCUT2D eigenvalue weighted by Crippen LogP contribution is -2.06. The van der Waals surface area contributed by atoms with Gasteiger partial charge < -0.3 is 14.2 Å². The number of hydrogen-bond donors (Lipinski definition) is 0. The van der Waals surface area contributed by atoms with E-state index in [0.29, 0.717) is 30.3 Å². The van der Waals surface area contributed by atoms with Crippen molar-refractivity contribution in [2.45, 2.75) is 20.5 Å². The predicted molar refractivity (Wildman–Crippen MR) is 97.2 cm³/mol. The first-order valence-electron chi connectivity index (χ1n) is 7.28. The van der Waals surface area contributed by atoms with Crippen LogP contribution in [0, 0.1) is 10.5 Å². The van der Waals surface area contributed by atoms with E-state index < -0.39 is 5.97 Å². The van der Waals surface area contributed by atoms with Crippen molar-refractivity contribution in [2.75, 3.05) is 13.7 Å². The van der Waals surface area contributed by atoms with Gasteiger partial charge in [0.15, 0.2) is 11.5 Å². The van der Waals surface area contributed by atoms with Gasteiger partial charge in [0.1, 0.15) is 6.61 Å². The van der Waals surface area contributed by atoms with Crippen molar-refractivity contribution in [1.29, 1.82) is 0 Å². The maximum absolute atomic E-state index is 11.7. The number of carbonyl (C=O) groups is 1. The molecule has 2 rings (SSSR count). The normalized spacial score (nSPS) is 10.3. The molecule has 0 bridgehead atoms. The Hall–Kier alpha value is -1.76. The molecule has 0 aliphatic heterocycles. The quantitative estimate of drug-likeness (QED) is 0.509. The summed E-state index contributed by atoms with van der Waals surface area (Å²) >= 11 is 2.14. The van der Waals surface area contributed by atoms with Crippen LogP contribution in [0.2, 0.25) is 0 Å². The Kier molecular flexibility index (Phi) is 6.27. The van der Waals surface area contributed by atoms with Crippen LogP contribution in [0.25, 0.3) is 0 Å². The van der Waals surface area contributed by atoms with Crippen LogP contribution >= 0.6 is 22.6 Å². The minimum atomic E-state index is -0.394. The molecule has 0 unspecified atom stereocenters. The fourth-order valence-corrected chi connectivity index (χ4v) is 2.80. The van der Waals surface area contributed by atoms with Crippen LogP contribution in [0.15, 0.2) is 36.4 Å². The molecule has 2 aromatic carbocycles. The van der Waals surface area contributed by atoms with Crippen molar-refractivity contribution in [3.8, 4) is 11.5 Å². The summed E-state index contributed by atoms with van der Waals surface area (Å²) in [5.41, 5.74) is 2.73. The minimum Gasteiger partial charge on any atom is -0.490 e. The van der Waals surface area contributed by atoms with Gasteiger partial charge in [-0.1, -0.05) is 29.8 Å². The summed E-state index contributed by atoms with van der Waals surface area (Å²) < 4.78 is 17.1. The number of rotatable bonds is 6. The Balaban J connectivity index is 2.25. The van der Waals surface area contributed by atoms with Crippen LogP contribution in [0.1, 0.15) is 28.4 Å². The Bertz CT molecular complexity index is 680. The van der Waals surface area contributed by atoms with Gasteiger partial charge in [0.2, 0.25) is 0 Å². The van der Waals surface area contributed by atoms with Crippen LogP contribution in [-0.2, 0) is 11.3 Å². The van der Waals surface area contributed by atoms with Crippen molar-refractivity contribution in [1.82, 2.24) is 0 Å². The van der Waals surface area contributed by atoms with Crippen LogP contribution in [0.4, 0.5) is 0 Å². The molecule has 0 amide bonds. The Morgan fingerprint density at radius 3 is 2.43 bits per heavy atom. The molecular formula is C18H19IO4. The molecule has 4 nitrogen and oxygen atoms in total. The lowest BCUT2D eigenvalue weighted by molar-refractivity contribution is 0.0600. The molecule has 0 aromatic heterocycles. The predicted octanol–water partition coefficient (Wildman–Crippen LogP) is 4.36. The second-order valence-electron chi connectivity index (χ2n) is 4.98. The highest BCUT2D eigenvalue weighted by molar-refractivity contribution is 14.1. The number of benzene rings is 2. The SMILES string of the molecule is CCOc1cc(C(=O)OC)cc(I)c1OCc1ccc(C)cc1. The van der Waals surface area contributed by atoms with Gasteiger partial charge in [-0.2, -0.15) is 0 Å². The largest absolute Gasteiger partial charge is 0.490 e. The lowest BCUT2D eigenvalue weighted by atomic mass is 10.1. The Morgan fingerprint density at radius 1 is 1.13 bits per heavy atom. The molecule has 0 atom stereocenters. The molecule has 0 fully saturated rings. The summed E-state index contributed by atoms with van der Waals surface area (Å²) in [6.45, 7) is 4.86. The molecule has 0 spiro atoms. The number of esters is 1. The van der Waals surface area contributed by atoms with Gasteiger partial charge in [0.05, 0.1) is 22.9 Å². The fraction of sp³-hybridized carbons (Fsp3) is 0.278. The average Bonchev–Trinajstić information content (AvgIpc) is 2.55. The summed E-state index contributed by atoms with van der Waals surface area (Å²) in [4.78, 5) is 11.7. The number of ether oxygens (including phenoxy) is 3. The van der Waals surface area contributed by atoms with E-state index in [1.807, 2.05) is 38.1 Å². The smallest absolute Gasteiger partial charge is 0.338 e. The minimum absolute atomic E-state index is 0.394.